The summed E-state index contributed by atoms with van der Waals surface area (Å²) in [5, 5.41) is 8.59. The molecule has 6 aromatic rings. The van der Waals surface area contributed by atoms with E-state index < -0.39 is 0 Å². The first-order chi connectivity index (χ1) is 32.1. The Labute approximate surface area is 417 Å². The molecule has 69 heavy (non-hydrogen) atoms. The predicted octanol–water partition coefficient (Wildman–Crippen LogP) is 8.51. The summed E-state index contributed by atoms with van der Waals surface area (Å²) in [4.78, 5) is 35.1. The van der Waals surface area contributed by atoms with Crippen molar-refractivity contribution in [3.63, 3.8) is 0 Å². The molecule has 368 valence electrons. The van der Waals surface area contributed by atoms with Crippen LogP contribution < -0.4 is 36.4 Å². The van der Waals surface area contributed by atoms with Gasteiger partial charge in [0.05, 0.1) is 35.7 Å². The fraction of sp³-hybridized carbons (Fsp3) is 0.472. The first-order valence-electron chi connectivity index (χ1n) is 23.8. The van der Waals surface area contributed by atoms with Gasteiger partial charge in [-0.2, -0.15) is 10.2 Å². The highest BCUT2D eigenvalue weighted by atomic mass is 79.9. The number of hydrogen-bond donors (Lipinski definition) is 0. The van der Waals surface area contributed by atoms with Gasteiger partial charge in [0.2, 0.25) is 0 Å². The van der Waals surface area contributed by atoms with E-state index in [9.17, 15) is 9.59 Å². The Morgan fingerprint density at radius 3 is 1.07 bits per heavy atom. The molecule has 0 amide bonds. The Morgan fingerprint density at radius 1 is 0.493 bits per heavy atom. The molecule has 14 nitrogen and oxygen atoms in total. The van der Waals surface area contributed by atoms with E-state index in [0.29, 0.717) is 13.1 Å². The van der Waals surface area contributed by atoms with Gasteiger partial charge in [0.25, 0.3) is 0 Å². The molecule has 0 atom stereocenters. The molecule has 5 heterocycles. The Hall–Kier alpha value is -5.58. The molecule has 0 aliphatic carbocycles. The highest BCUT2D eigenvalue weighted by Gasteiger charge is 2.51. The quantitative estimate of drug-likeness (QED) is 0.131. The first kappa shape index (κ1) is 51.3. The minimum Gasteiger partial charge on any atom is -0.399 e. The lowest BCUT2D eigenvalue weighted by atomic mass is 9.79. The minimum atomic E-state index is -0.338. The van der Waals surface area contributed by atoms with Gasteiger partial charge in [0.15, 0.2) is 0 Å². The van der Waals surface area contributed by atoms with Crippen molar-refractivity contribution in [2.24, 2.45) is 10.8 Å². The average Bonchev–Trinajstić information content (AvgIpc) is 3.92. The molecule has 0 unspecified atom stereocenters. The molecule has 0 N–H and O–H groups in total. The van der Waals surface area contributed by atoms with Crippen molar-refractivity contribution in [2.75, 3.05) is 72.0 Å². The molecule has 3 aliphatic heterocycles. The summed E-state index contributed by atoms with van der Waals surface area (Å²) >= 11 is 3.50. The number of halogens is 1. The number of benzene rings is 4. The third-order valence-electron chi connectivity index (χ3n) is 13.2. The first-order valence-corrected chi connectivity index (χ1v) is 24.6. The predicted molar refractivity (Wildman–Crippen MR) is 286 cm³/mol. The van der Waals surface area contributed by atoms with Crippen LogP contribution in [0.4, 0.5) is 22.7 Å². The second kappa shape index (κ2) is 20.4. The van der Waals surface area contributed by atoms with Gasteiger partial charge < -0.3 is 28.9 Å². The van der Waals surface area contributed by atoms with Crippen molar-refractivity contribution < 1.29 is 9.31 Å². The zero-order valence-electron chi connectivity index (χ0n) is 41.5. The van der Waals surface area contributed by atoms with E-state index in [2.05, 4.69) is 188 Å². The van der Waals surface area contributed by atoms with Gasteiger partial charge in [0.1, 0.15) is 12.7 Å². The number of piperazine rings is 2. The fourth-order valence-electron chi connectivity index (χ4n) is 8.71. The highest BCUT2D eigenvalue weighted by Crippen LogP contribution is 2.36. The fourth-order valence-corrected chi connectivity index (χ4v) is 8.98. The van der Waals surface area contributed by atoms with Crippen LogP contribution in [0.15, 0.2) is 124 Å². The maximum absolute atomic E-state index is 12.8. The van der Waals surface area contributed by atoms with Gasteiger partial charge in [-0.25, -0.2) is 28.1 Å². The standard InChI is InChI=1S/C29H40BN5O3.C23H28BrN5O.CH4/c1-27(2,3)20-35-26(36)34(21-31-35)25-14-12-24(13-15-25)33-18-16-32(17-19-33)23-10-8-22(9-11-23)30-37-28(4,5)29(6,7)38-30;1-23(2,3)16-29-22(30)28(17-25-29)21-10-8-20(9-11-21)27-14-12-26(13-15-27)19-6-4-18(24)5-7-19;/h8-15,21H,16-20H2,1-7H3;4-11,17H,12-16H2,1-3H3;1H4. The van der Waals surface area contributed by atoms with Crippen molar-refractivity contribution in [1.29, 1.82) is 0 Å². The molecule has 0 bridgehead atoms. The van der Waals surface area contributed by atoms with Gasteiger partial charge in [-0.15, -0.1) is 0 Å². The van der Waals surface area contributed by atoms with Gasteiger partial charge >= 0.3 is 18.5 Å². The molecule has 3 aliphatic rings. The minimum absolute atomic E-state index is 0. The van der Waals surface area contributed by atoms with Crippen LogP contribution in [0.2, 0.25) is 0 Å². The van der Waals surface area contributed by atoms with Crippen molar-refractivity contribution in [2.45, 2.75) is 101 Å². The van der Waals surface area contributed by atoms with Crippen LogP contribution in [0.25, 0.3) is 11.4 Å². The third-order valence-corrected chi connectivity index (χ3v) is 13.8. The molecule has 4 aromatic carbocycles. The maximum atomic E-state index is 12.8. The van der Waals surface area contributed by atoms with E-state index >= 15 is 0 Å². The second-order valence-electron chi connectivity index (χ2n) is 21.6. The number of hydrogen-bond acceptors (Lipinski definition) is 10. The smallest absolute Gasteiger partial charge is 0.399 e. The SMILES string of the molecule is C.CC(C)(C)Cn1ncn(-c2ccc(N3CCN(c4ccc(B5OC(C)(C)C(C)(C)O5)cc4)CC3)cc2)c1=O.CC(C)(C)Cn1ncn(-c2ccc(N3CCN(c4ccc(Br)cc4)CC3)cc2)c1=O. The number of anilines is 4. The summed E-state index contributed by atoms with van der Waals surface area (Å²) in [6.45, 7) is 29.8. The van der Waals surface area contributed by atoms with E-state index in [-0.39, 0.29) is 48.0 Å². The van der Waals surface area contributed by atoms with E-state index in [1.165, 1.54) is 32.1 Å². The topological polar surface area (TPSA) is 111 Å². The maximum Gasteiger partial charge on any atom is 0.494 e. The summed E-state index contributed by atoms with van der Waals surface area (Å²) in [6, 6.07) is 33.5. The molecule has 0 spiro atoms. The average molecular weight is 1000 g/mol. The van der Waals surface area contributed by atoms with Crippen molar-refractivity contribution in [3.05, 3.63) is 135 Å². The Kier molecular flexibility index (Phi) is 15.2. The zero-order valence-corrected chi connectivity index (χ0v) is 43.1. The van der Waals surface area contributed by atoms with Gasteiger partial charge in [-0.05, 0) is 129 Å². The molecule has 9 rings (SSSR count). The monoisotopic (exact) mass is 1000 g/mol. The molecule has 0 radical (unpaired) electrons. The summed E-state index contributed by atoms with van der Waals surface area (Å²) in [5.41, 5.74) is 6.67. The Bertz CT molecular complexity index is 2720. The lowest BCUT2D eigenvalue weighted by molar-refractivity contribution is 0.00578. The molecule has 0 saturated carbocycles. The zero-order chi connectivity index (χ0) is 48.6. The van der Waals surface area contributed by atoms with Crippen LogP contribution in [-0.2, 0) is 22.4 Å². The Morgan fingerprint density at radius 2 is 0.768 bits per heavy atom. The van der Waals surface area contributed by atoms with Crippen LogP contribution in [0, 0.1) is 10.8 Å². The van der Waals surface area contributed by atoms with Gasteiger partial charge in [-0.3, -0.25) is 0 Å². The summed E-state index contributed by atoms with van der Waals surface area (Å²) in [6.07, 6.45) is 3.22. The largest absolute Gasteiger partial charge is 0.494 e. The van der Waals surface area contributed by atoms with E-state index in [1.807, 2.05) is 24.3 Å². The van der Waals surface area contributed by atoms with Crippen LogP contribution in [0.1, 0.15) is 76.7 Å². The van der Waals surface area contributed by atoms with Crippen LogP contribution in [-0.4, -0.2) is 99.4 Å². The number of nitrogens with zero attached hydrogens (tertiary/aromatic N) is 10. The van der Waals surface area contributed by atoms with E-state index in [0.717, 1.165) is 73.7 Å². The van der Waals surface area contributed by atoms with Crippen molar-refractivity contribution in [1.82, 2.24) is 28.7 Å². The summed E-state index contributed by atoms with van der Waals surface area (Å²) in [7, 11) is -0.336. The van der Waals surface area contributed by atoms with Gasteiger partial charge in [-0.1, -0.05) is 77.0 Å². The van der Waals surface area contributed by atoms with Crippen LogP contribution >= 0.6 is 15.9 Å². The second-order valence-corrected chi connectivity index (χ2v) is 22.6. The molecule has 16 heteroatoms. The number of aromatic nitrogens is 6. The number of rotatable bonds is 9. The summed E-state index contributed by atoms with van der Waals surface area (Å²) < 4.78 is 19.8. The van der Waals surface area contributed by atoms with Crippen molar-refractivity contribution in [3.8, 4) is 11.4 Å². The Balaban J connectivity index is 0.000000206. The molecule has 2 aromatic heterocycles. The lowest BCUT2D eigenvalue weighted by Gasteiger charge is -2.37. The van der Waals surface area contributed by atoms with Crippen LogP contribution in [0.3, 0.4) is 0 Å². The molecular formula is C53H72BBrN10O4. The highest BCUT2D eigenvalue weighted by molar-refractivity contribution is 9.10. The van der Waals surface area contributed by atoms with Crippen LogP contribution in [0.5, 0.6) is 0 Å². The lowest BCUT2D eigenvalue weighted by Crippen LogP contribution is -2.46. The molecule has 3 fully saturated rings. The molecule has 3 saturated heterocycles. The van der Waals surface area contributed by atoms with Gasteiger partial charge in [0, 0.05) is 79.6 Å². The van der Waals surface area contributed by atoms with E-state index in [1.54, 1.807) is 21.8 Å². The molecular weight excluding hydrogens is 931 g/mol. The normalized spacial score (nSPS) is 17.1. The van der Waals surface area contributed by atoms with Crippen molar-refractivity contribution >= 4 is 51.3 Å². The van der Waals surface area contributed by atoms with E-state index in [4.69, 9.17) is 9.31 Å². The summed E-state index contributed by atoms with van der Waals surface area (Å²) in [5.74, 6) is 0. The third kappa shape index (κ3) is 12.1.